The molecule has 1 amide bonds. The summed E-state index contributed by atoms with van der Waals surface area (Å²) in [5.74, 6) is 0.811. The van der Waals surface area contributed by atoms with Crippen molar-refractivity contribution in [3.63, 3.8) is 0 Å². The lowest BCUT2D eigenvalue weighted by Gasteiger charge is -2.09. The average molecular weight is 435 g/mol. The second-order valence-corrected chi connectivity index (χ2v) is 8.35. The molecule has 3 rings (SSSR count). The van der Waals surface area contributed by atoms with E-state index in [1.165, 1.54) is 24.3 Å². The number of aryl methyl sites for hydroxylation is 2. The average Bonchev–Trinajstić information content (AvgIpc) is 3.12. The lowest BCUT2D eigenvalue weighted by Crippen LogP contribution is -2.24. The van der Waals surface area contributed by atoms with Crippen molar-refractivity contribution in [2.75, 3.05) is 11.3 Å². The molecule has 0 spiro atoms. The van der Waals surface area contributed by atoms with Gasteiger partial charge in [0.05, 0.1) is 4.90 Å². The van der Waals surface area contributed by atoms with Gasteiger partial charge in [0, 0.05) is 29.2 Å². The Kier molecular flexibility index (Phi) is 6.50. The fourth-order valence-electron chi connectivity index (χ4n) is 2.50. The monoisotopic (exact) mass is 434 g/mol. The van der Waals surface area contributed by atoms with Crippen molar-refractivity contribution in [3.05, 3.63) is 70.8 Å². The molecule has 8 nitrogen and oxygen atoms in total. The van der Waals surface area contributed by atoms with Crippen molar-refractivity contribution in [1.29, 1.82) is 0 Å². The third-order valence-electron chi connectivity index (χ3n) is 3.95. The molecule has 0 radical (unpaired) electrons. The van der Waals surface area contributed by atoms with Crippen LogP contribution in [0, 0.1) is 6.92 Å². The van der Waals surface area contributed by atoms with Crippen molar-refractivity contribution in [3.8, 4) is 0 Å². The number of carbonyl (C=O) groups is 1. The topological polar surface area (TPSA) is 114 Å². The fraction of sp³-hybridized carbons (Fsp3) is 0.211. The molecule has 1 heterocycles. The number of rotatable bonds is 8. The van der Waals surface area contributed by atoms with Crippen LogP contribution in [0.3, 0.4) is 0 Å². The number of sulfonamides is 1. The van der Waals surface area contributed by atoms with E-state index >= 15 is 0 Å². The van der Waals surface area contributed by atoms with Gasteiger partial charge in [0.2, 0.25) is 5.89 Å². The smallest absolute Gasteiger partial charge is 0.261 e. The first kappa shape index (κ1) is 20.8. The molecule has 0 aliphatic rings. The predicted octanol–water partition coefficient (Wildman–Crippen LogP) is 3.19. The second kappa shape index (κ2) is 9.06. The van der Waals surface area contributed by atoms with Crippen LogP contribution in [-0.2, 0) is 16.4 Å². The lowest BCUT2D eigenvalue weighted by atomic mass is 10.2. The summed E-state index contributed by atoms with van der Waals surface area (Å²) in [6, 6.07) is 12.0. The largest absolute Gasteiger partial charge is 0.352 e. The molecule has 0 aliphatic carbocycles. The minimum absolute atomic E-state index is 0.0516. The molecule has 152 valence electrons. The molecular weight excluding hydrogens is 416 g/mol. The first-order valence-corrected chi connectivity index (χ1v) is 10.7. The van der Waals surface area contributed by atoms with E-state index in [-0.39, 0.29) is 10.8 Å². The maximum atomic E-state index is 12.5. The van der Waals surface area contributed by atoms with E-state index < -0.39 is 10.0 Å². The Bertz CT molecular complexity index is 1080. The highest BCUT2D eigenvalue weighted by Crippen LogP contribution is 2.18. The molecule has 2 N–H and O–H groups in total. The molecule has 0 bridgehead atoms. The zero-order valence-corrected chi connectivity index (χ0v) is 17.1. The summed E-state index contributed by atoms with van der Waals surface area (Å²) >= 11 is 5.80. The number of halogens is 1. The number of amides is 1. The molecule has 0 aliphatic heterocycles. The first-order valence-electron chi connectivity index (χ1n) is 8.79. The maximum Gasteiger partial charge on any atom is 0.261 e. The highest BCUT2D eigenvalue weighted by atomic mass is 35.5. The highest BCUT2D eigenvalue weighted by molar-refractivity contribution is 7.92. The Morgan fingerprint density at radius 2 is 1.79 bits per heavy atom. The van der Waals surface area contributed by atoms with Crippen LogP contribution in [0.1, 0.15) is 28.5 Å². The summed E-state index contributed by atoms with van der Waals surface area (Å²) in [6.07, 6.45) is 1.21. The minimum atomic E-state index is -3.77. The third kappa shape index (κ3) is 5.78. The summed E-state index contributed by atoms with van der Waals surface area (Å²) in [5, 5.41) is 6.99. The minimum Gasteiger partial charge on any atom is -0.352 e. The van der Waals surface area contributed by atoms with Gasteiger partial charge in [-0.2, -0.15) is 4.98 Å². The van der Waals surface area contributed by atoms with Gasteiger partial charge in [-0.15, -0.1) is 0 Å². The number of benzene rings is 2. The molecule has 0 saturated heterocycles. The Morgan fingerprint density at radius 3 is 2.41 bits per heavy atom. The van der Waals surface area contributed by atoms with Crippen LogP contribution in [0.5, 0.6) is 0 Å². The molecule has 0 unspecified atom stereocenters. The Morgan fingerprint density at radius 1 is 1.10 bits per heavy atom. The number of hydrogen-bond acceptors (Lipinski definition) is 6. The zero-order chi connectivity index (χ0) is 20.9. The standard InChI is InChI=1S/C19H19ClN4O4S/c1-13-22-18(28-23-13)3-2-12-21-19(25)14-4-10-17(11-5-14)29(26,27)24-16-8-6-15(20)7-9-16/h4-11,24H,2-3,12H2,1H3,(H,21,25). The van der Waals surface area contributed by atoms with Crippen LogP contribution >= 0.6 is 11.6 Å². The van der Waals surface area contributed by atoms with Gasteiger partial charge in [-0.3, -0.25) is 9.52 Å². The molecule has 3 aromatic rings. The predicted molar refractivity (Wildman–Crippen MR) is 108 cm³/mol. The number of nitrogens with one attached hydrogen (secondary N) is 2. The molecule has 0 saturated carbocycles. The molecule has 10 heteroatoms. The van der Waals surface area contributed by atoms with Crippen LogP contribution in [0.25, 0.3) is 0 Å². The Balaban J connectivity index is 1.54. The number of hydrogen-bond donors (Lipinski definition) is 2. The number of aromatic nitrogens is 2. The van der Waals surface area contributed by atoms with E-state index in [0.29, 0.717) is 47.4 Å². The van der Waals surface area contributed by atoms with E-state index in [1.54, 1.807) is 31.2 Å². The van der Waals surface area contributed by atoms with Crippen LogP contribution in [0.2, 0.25) is 5.02 Å². The SMILES string of the molecule is Cc1noc(CCCNC(=O)c2ccc(S(=O)(=O)Nc3ccc(Cl)cc3)cc2)n1. The molecule has 1 aromatic heterocycles. The van der Waals surface area contributed by atoms with Crippen molar-refractivity contribution < 1.29 is 17.7 Å². The quantitative estimate of drug-likeness (QED) is 0.526. The third-order valence-corrected chi connectivity index (χ3v) is 5.60. The molecule has 2 aromatic carbocycles. The van der Waals surface area contributed by atoms with Crippen molar-refractivity contribution in [2.45, 2.75) is 24.7 Å². The first-order chi connectivity index (χ1) is 13.8. The van der Waals surface area contributed by atoms with E-state index in [2.05, 4.69) is 20.2 Å². The van der Waals surface area contributed by atoms with Crippen LogP contribution < -0.4 is 10.0 Å². The number of nitrogens with zero attached hydrogens (tertiary/aromatic N) is 2. The van der Waals surface area contributed by atoms with Gasteiger partial charge >= 0.3 is 0 Å². The van der Waals surface area contributed by atoms with Gasteiger partial charge in [-0.25, -0.2) is 8.42 Å². The lowest BCUT2D eigenvalue weighted by molar-refractivity contribution is 0.0953. The van der Waals surface area contributed by atoms with Crippen molar-refractivity contribution in [2.24, 2.45) is 0 Å². The van der Waals surface area contributed by atoms with E-state index in [0.717, 1.165) is 0 Å². The number of carbonyl (C=O) groups excluding carboxylic acids is 1. The molecular formula is C19H19ClN4O4S. The number of anilines is 1. The summed E-state index contributed by atoms with van der Waals surface area (Å²) < 4.78 is 32.4. The van der Waals surface area contributed by atoms with Gasteiger partial charge in [0.15, 0.2) is 5.82 Å². The normalized spacial score (nSPS) is 11.2. The van der Waals surface area contributed by atoms with E-state index in [4.69, 9.17) is 16.1 Å². The Labute approximate surface area is 173 Å². The molecule has 29 heavy (non-hydrogen) atoms. The Hall–Kier alpha value is -2.91. The summed E-state index contributed by atoms with van der Waals surface area (Å²) in [7, 11) is -3.77. The summed E-state index contributed by atoms with van der Waals surface area (Å²) in [5.41, 5.74) is 0.761. The van der Waals surface area contributed by atoms with Gasteiger partial charge in [-0.05, 0) is 61.9 Å². The van der Waals surface area contributed by atoms with Gasteiger partial charge < -0.3 is 9.84 Å². The van der Waals surface area contributed by atoms with Crippen LogP contribution in [-0.4, -0.2) is 31.0 Å². The van der Waals surface area contributed by atoms with Crippen LogP contribution in [0.15, 0.2) is 57.9 Å². The van der Waals surface area contributed by atoms with Crippen molar-refractivity contribution in [1.82, 2.24) is 15.5 Å². The summed E-state index contributed by atoms with van der Waals surface area (Å²) in [6.45, 7) is 2.17. The maximum absolute atomic E-state index is 12.5. The van der Waals surface area contributed by atoms with Gasteiger partial charge in [0.25, 0.3) is 15.9 Å². The fourth-order valence-corrected chi connectivity index (χ4v) is 3.69. The van der Waals surface area contributed by atoms with Crippen LogP contribution in [0.4, 0.5) is 5.69 Å². The zero-order valence-electron chi connectivity index (χ0n) is 15.6. The second-order valence-electron chi connectivity index (χ2n) is 6.23. The van der Waals surface area contributed by atoms with Gasteiger partial charge in [-0.1, -0.05) is 16.8 Å². The highest BCUT2D eigenvalue weighted by Gasteiger charge is 2.15. The van der Waals surface area contributed by atoms with Gasteiger partial charge in [0.1, 0.15) is 0 Å². The molecule has 0 fully saturated rings. The van der Waals surface area contributed by atoms with E-state index in [9.17, 15) is 13.2 Å². The summed E-state index contributed by atoms with van der Waals surface area (Å²) in [4.78, 5) is 16.3. The van der Waals surface area contributed by atoms with Crippen molar-refractivity contribution >= 4 is 33.2 Å². The van der Waals surface area contributed by atoms with E-state index in [1.807, 2.05) is 0 Å². The molecule has 0 atom stereocenters.